The molecule has 0 bridgehead atoms. The van der Waals surface area contributed by atoms with Crippen LogP contribution in [0.2, 0.25) is 0 Å². The lowest BCUT2D eigenvalue weighted by atomic mass is 9.94. The highest BCUT2D eigenvalue weighted by Crippen LogP contribution is 2.22. The second kappa shape index (κ2) is 6.35. The summed E-state index contributed by atoms with van der Waals surface area (Å²) in [7, 11) is 0. The molecule has 1 atom stereocenters. The quantitative estimate of drug-likeness (QED) is 0.811. The van der Waals surface area contributed by atoms with Crippen molar-refractivity contribution in [1.29, 1.82) is 0 Å². The lowest BCUT2D eigenvalue weighted by Crippen LogP contribution is -2.45. The fraction of sp³-hybridized carbons (Fsp3) is 0.625. The average Bonchev–Trinajstić information content (AvgIpc) is 2.28. The maximum Gasteiger partial charge on any atom is 0.0344 e. The third-order valence-electron chi connectivity index (χ3n) is 3.19. The van der Waals surface area contributed by atoms with Gasteiger partial charge in [0.25, 0.3) is 0 Å². The molecule has 3 N–H and O–H groups in total. The van der Waals surface area contributed by atoms with Crippen molar-refractivity contribution in [2.24, 2.45) is 11.7 Å². The van der Waals surface area contributed by atoms with Gasteiger partial charge in [-0.05, 0) is 37.3 Å². The van der Waals surface area contributed by atoms with E-state index in [1.54, 1.807) is 0 Å². The van der Waals surface area contributed by atoms with E-state index in [0.29, 0.717) is 12.0 Å². The van der Waals surface area contributed by atoms with Gasteiger partial charge in [-0.3, -0.25) is 0 Å². The van der Waals surface area contributed by atoms with E-state index in [0.717, 1.165) is 13.0 Å². The normalized spacial score (nSPS) is 13.9. The molecular weight excluding hydrogens is 220 g/mol. The molecule has 0 aliphatic rings. The summed E-state index contributed by atoms with van der Waals surface area (Å²) in [5, 5.41) is 3.59. The Morgan fingerprint density at radius 3 is 2.11 bits per heavy atom. The minimum atomic E-state index is -0.170. The Morgan fingerprint density at radius 1 is 1.17 bits per heavy atom. The first kappa shape index (κ1) is 15.2. The van der Waals surface area contributed by atoms with Gasteiger partial charge in [-0.15, -0.1) is 0 Å². The number of nitrogens with two attached hydrogens (primary N) is 1. The van der Waals surface area contributed by atoms with Gasteiger partial charge in [-0.2, -0.15) is 0 Å². The van der Waals surface area contributed by atoms with Gasteiger partial charge in [0.2, 0.25) is 0 Å². The Labute approximate surface area is 112 Å². The second-order valence-electron chi connectivity index (χ2n) is 6.19. The molecule has 0 fully saturated rings. The van der Waals surface area contributed by atoms with E-state index in [1.165, 1.54) is 11.1 Å². The molecule has 1 aromatic rings. The van der Waals surface area contributed by atoms with Crippen molar-refractivity contribution in [2.75, 3.05) is 6.54 Å². The summed E-state index contributed by atoms with van der Waals surface area (Å²) >= 11 is 0. The van der Waals surface area contributed by atoms with Crippen molar-refractivity contribution in [1.82, 2.24) is 5.32 Å². The Hall–Kier alpha value is -0.860. The molecule has 1 rings (SSSR count). The van der Waals surface area contributed by atoms with Crippen molar-refractivity contribution in [3.8, 4) is 0 Å². The van der Waals surface area contributed by atoms with Gasteiger partial charge in [0.05, 0.1) is 0 Å². The zero-order chi connectivity index (χ0) is 13.8. The third kappa shape index (κ3) is 4.79. The monoisotopic (exact) mass is 248 g/mol. The Morgan fingerprint density at radius 2 is 1.72 bits per heavy atom. The van der Waals surface area contributed by atoms with Gasteiger partial charge in [0, 0.05) is 18.1 Å². The standard InChI is InChI=1S/C16H28N2/c1-6-13-7-9-14(10-8-13)15(12(2)3)18-11-16(4,5)17/h7-10,12,15,18H,6,11,17H2,1-5H3. The van der Waals surface area contributed by atoms with Crippen molar-refractivity contribution >= 4 is 0 Å². The van der Waals surface area contributed by atoms with E-state index in [2.05, 4.69) is 64.2 Å². The fourth-order valence-corrected chi connectivity index (χ4v) is 2.07. The van der Waals surface area contributed by atoms with Gasteiger partial charge < -0.3 is 11.1 Å². The van der Waals surface area contributed by atoms with Crippen LogP contribution < -0.4 is 11.1 Å². The summed E-state index contributed by atoms with van der Waals surface area (Å²) in [5.41, 5.74) is 8.62. The van der Waals surface area contributed by atoms with Gasteiger partial charge in [-0.25, -0.2) is 0 Å². The first-order valence-electron chi connectivity index (χ1n) is 6.94. The highest BCUT2D eigenvalue weighted by Gasteiger charge is 2.18. The number of hydrogen-bond acceptors (Lipinski definition) is 2. The molecule has 0 saturated heterocycles. The van der Waals surface area contributed by atoms with Gasteiger partial charge >= 0.3 is 0 Å². The largest absolute Gasteiger partial charge is 0.324 e. The number of benzene rings is 1. The third-order valence-corrected chi connectivity index (χ3v) is 3.19. The maximum absolute atomic E-state index is 6.05. The molecule has 102 valence electrons. The second-order valence-corrected chi connectivity index (χ2v) is 6.19. The Bertz CT molecular complexity index is 346. The van der Waals surface area contributed by atoms with Crippen LogP contribution in [0.1, 0.15) is 51.8 Å². The van der Waals surface area contributed by atoms with E-state index < -0.39 is 0 Å². The molecule has 2 nitrogen and oxygen atoms in total. The Kier molecular flexibility index (Phi) is 5.36. The minimum absolute atomic E-state index is 0.170. The van der Waals surface area contributed by atoms with E-state index in [1.807, 2.05) is 0 Å². The predicted octanol–water partition coefficient (Wildman–Crippen LogP) is 3.27. The summed E-state index contributed by atoms with van der Waals surface area (Å²) in [4.78, 5) is 0. The van der Waals surface area contributed by atoms with Crippen LogP contribution in [0.25, 0.3) is 0 Å². The molecule has 0 heterocycles. The SMILES string of the molecule is CCc1ccc(C(NCC(C)(C)N)C(C)C)cc1. The lowest BCUT2D eigenvalue weighted by Gasteiger charge is -2.28. The molecule has 18 heavy (non-hydrogen) atoms. The van der Waals surface area contributed by atoms with Crippen LogP contribution in [-0.2, 0) is 6.42 Å². The molecule has 0 spiro atoms. The smallest absolute Gasteiger partial charge is 0.0344 e. The average molecular weight is 248 g/mol. The van der Waals surface area contributed by atoms with E-state index in [-0.39, 0.29) is 5.54 Å². The van der Waals surface area contributed by atoms with Crippen LogP contribution in [-0.4, -0.2) is 12.1 Å². The molecule has 0 saturated carbocycles. The molecule has 1 aromatic carbocycles. The first-order valence-corrected chi connectivity index (χ1v) is 6.94. The van der Waals surface area contributed by atoms with Crippen LogP contribution in [0.5, 0.6) is 0 Å². The minimum Gasteiger partial charge on any atom is -0.324 e. The van der Waals surface area contributed by atoms with Crippen LogP contribution >= 0.6 is 0 Å². The predicted molar refractivity (Wildman–Crippen MR) is 79.7 cm³/mol. The number of rotatable bonds is 6. The van der Waals surface area contributed by atoms with Gasteiger partial charge in [0.15, 0.2) is 0 Å². The number of nitrogens with one attached hydrogen (secondary N) is 1. The van der Waals surface area contributed by atoms with E-state index >= 15 is 0 Å². The summed E-state index contributed by atoms with van der Waals surface area (Å²) in [6.07, 6.45) is 1.09. The van der Waals surface area contributed by atoms with Gasteiger partial charge in [-0.1, -0.05) is 45.0 Å². The molecule has 2 heteroatoms. The van der Waals surface area contributed by atoms with Crippen LogP contribution in [0.15, 0.2) is 24.3 Å². The number of hydrogen-bond donors (Lipinski definition) is 2. The van der Waals surface area contributed by atoms with Crippen molar-refractivity contribution in [3.63, 3.8) is 0 Å². The van der Waals surface area contributed by atoms with Crippen molar-refractivity contribution in [2.45, 2.75) is 52.6 Å². The van der Waals surface area contributed by atoms with Crippen molar-refractivity contribution < 1.29 is 0 Å². The Balaban J connectivity index is 2.77. The number of aryl methyl sites for hydroxylation is 1. The fourth-order valence-electron chi connectivity index (χ4n) is 2.07. The van der Waals surface area contributed by atoms with E-state index in [9.17, 15) is 0 Å². The van der Waals surface area contributed by atoms with Crippen molar-refractivity contribution in [3.05, 3.63) is 35.4 Å². The lowest BCUT2D eigenvalue weighted by molar-refractivity contribution is 0.363. The zero-order valence-corrected chi connectivity index (χ0v) is 12.5. The molecule has 0 amide bonds. The molecular formula is C16H28N2. The summed E-state index contributed by atoms with van der Waals surface area (Å²) in [6.45, 7) is 11.6. The summed E-state index contributed by atoms with van der Waals surface area (Å²) in [5.74, 6) is 0.555. The summed E-state index contributed by atoms with van der Waals surface area (Å²) in [6, 6.07) is 9.29. The molecule has 0 aliphatic carbocycles. The topological polar surface area (TPSA) is 38.0 Å². The first-order chi connectivity index (χ1) is 8.33. The molecule has 1 unspecified atom stereocenters. The van der Waals surface area contributed by atoms with E-state index in [4.69, 9.17) is 5.73 Å². The van der Waals surface area contributed by atoms with Gasteiger partial charge in [0.1, 0.15) is 0 Å². The van der Waals surface area contributed by atoms with Crippen LogP contribution in [0.4, 0.5) is 0 Å². The zero-order valence-electron chi connectivity index (χ0n) is 12.5. The van der Waals surface area contributed by atoms with Crippen LogP contribution in [0.3, 0.4) is 0 Å². The summed E-state index contributed by atoms with van der Waals surface area (Å²) < 4.78 is 0. The molecule has 0 aliphatic heterocycles. The highest BCUT2D eigenvalue weighted by atomic mass is 15.0. The molecule has 0 aromatic heterocycles. The molecule has 0 radical (unpaired) electrons. The van der Waals surface area contributed by atoms with Crippen LogP contribution in [0, 0.1) is 5.92 Å². The maximum atomic E-state index is 6.05. The highest BCUT2D eigenvalue weighted by molar-refractivity contribution is 5.25.